The minimum absolute atomic E-state index is 0.201. The first-order valence-corrected chi connectivity index (χ1v) is 10.9. The van der Waals surface area contributed by atoms with Gasteiger partial charge in [-0.25, -0.2) is 4.68 Å². The van der Waals surface area contributed by atoms with Gasteiger partial charge in [-0.2, -0.15) is 0 Å². The maximum atomic E-state index is 13.0. The minimum atomic E-state index is -0.240. The number of amides is 1. The number of fused-ring (bicyclic) bond motifs is 4. The van der Waals surface area contributed by atoms with Gasteiger partial charge in [0.2, 0.25) is 6.79 Å². The molecule has 9 heteroatoms. The van der Waals surface area contributed by atoms with Crippen molar-refractivity contribution in [3.63, 3.8) is 0 Å². The van der Waals surface area contributed by atoms with Crippen LogP contribution in [0.5, 0.6) is 11.5 Å². The summed E-state index contributed by atoms with van der Waals surface area (Å²) in [4.78, 5) is 30.3. The van der Waals surface area contributed by atoms with E-state index >= 15 is 0 Å². The van der Waals surface area contributed by atoms with Gasteiger partial charge < -0.3 is 14.8 Å². The lowest BCUT2D eigenvalue weighted by Gasteiger charge is -2.07. The lowest BCUT2D eigenvalue weighted by atomic mass is 10.1. The monoisotopic (exact) mass is 472 g/mol. The topological polar surface area (TPSA) is 98.2 Å². The van der Waals surface area contributed by atoms with Crippen molar-refractivity contribution in [1.82, 2.24) is 20.1 Å². The molecule has 0 saturated heterocycles. The average molecular weight is 473 g/mol. The van der Waals surface area contributed by atoms with Crippen molar-refractivity contribution in [2.24, 2.45) is 0 Å². The minimum Gasteiger partial charge on any atom is -0.454 e. The van der Waals surface area contributed by atoms with Crippen molar-refractivity contribution in [3.05, 3.63) is 93.4 Å². The number of nitrogens with one attached hydrogen (secondary N) is 2. The van der Waals surface area contributed by atoms with E-state index in [1.54, 1.807) is 48.7 Å². The zero-order chi connectivity index (χ0) is 23.2. The van der Waals surface area contributed by atoms with Gasteiger partial charge in [0.05, 0.1) is 22.1 Å². The van der Waals surface area contributed by atoms with E-state index in [4.69, 9.17) is 21.1 Å². The molecule has 8 nitrogen and oxygen atoms in total. The van der Waals surface area contributed by atoms with Crippen LogP contribution >= 0.6 is 11.6 Å². The summed E-state index contributed by atoms with van der Waals surface area (Å²) in [5.41, 5.74) is 3.05. The van der Waals surface area contributed by atoms with Gasteiger partial charge in [-0.05, 0) is 60.2 Å². The van der Waals surface area contributed by atoms with E-state index in [2.05, 4.69) is 15.4 Å². The number of pyridine rings is 1. The molecule has 1 amide bonds. The molecule has 0 saturated carbocycles. The molecule has 168 valence electrons. The second kappa shape index (κ2) is 7.93. The summed E-state index contributed by atoms with van der Waals surface area (Å²) in [6, 6.07) is 17.7. The Morgan fingerprint density at radius 2 is 1.85 bits per heavy atom. The number of rotatable bonds is 4. The second-order valence-electron chi connectivity index (χ2n) is 7.88. The molecule has 1 aliphatic heterocycles. The molecule has 0 radical (unpaired) electrons. The molecule has 0 spiro atoms. The van der Waals surface area contributed by atoms with Crippen molar-refractivity contribution < 1.29 is 14.3 Å². The second-order valence-corrected chi connectivity index (χ2v) is 8.31. The Kier molecular flexibility index (Phi) is 4.74. The molecule has 6 rings (SSSR count). The van der Waals surface area contributed by atoms with Crippen LogP contribution in [0.25, 0.3) is 27.5 Å². The summed E-state index contributed by atoms with van der Waals surface area (Å²) < 4.78 is 12.1. The van der Waals surface area contributed by atoms with Crippen LogP contribution in [0.2, 0.25) is 5.02 Å². The number of aromatic nitrogens is 3. The highest BCUT2D eigenvalue weighted by Gasteiger charge is 2.16. The first-order chi connectivity index (χ1) is 16.6. The van der Waals surface area contributed by atoms with Crippen LogP contribution in [0.1, 0.15) is 15.9 Å². The van der Waals surface area contributed by atoms with Crippen molar-refractivity contribution >= 4 is 39.3 Å². The largest absolute Gasteiger partial charge is 0.454 e. The summed E-state index contributed by atoms with van der Waals surface area (Å²) in [7, 11) is 0. The number of nitrogens with zero attached hydrogens (tertiary/aromatic N) is 2. The number of hydrogen-bond acceptors (Lipinski definition) is 5. The van der Waals surface area contributed by atoms with E-state index < -0.39 is 0 Å². The van der Waals surface area contributed by atoms with Crippen molar-refractivity contribution in [2.75, 3.05) is 6.79 Å². The van der Waals surface area contributed by atoms with Crippen molar-refractivity contribution in [2.45, 2.75) is 6.54 Å². The molecule has 5 aromatic rings. The smallest absolute Gasteiger partial charge is 0.280 e. The Hall–Kier alpha value is -4.30. The van der Waals surface area contributed by atoms with Gasteiger partial charge >= 0.3 is 0 Å². The standard InChI is InChI=1S/C25H17ClN4O4/c26-16-3-5-17(6-4-16)30-25(32)19-12-27-20-7-2-15(10-18(20)23(19)29-30)24(31)28-11-14-1-8-21-22(9-14)34-13-33-21/h1-10,12,29H,11,13H2,(H,28,31). The highest BCUT2D eigenvalue weighted by molar-refractivity contribution is 6.30. The molecule has 1 aliphatic rings. The Bertz CT molecular complexity index is 1640. The van der Waals surface area contributed by atoms with E-state index in [-0.39, 0.29) is 18.3 Å². The maximum absolute atomic E-state index is 13.0. The molecule has 0 aliphatic carbocycles. The lowest BCUT2D eigenvalue weighted by Crippen LogP contribution is -2.22. The van der Waals surface area contributed by atoms with E-state index in [9.17, 15) is 9.59 Å². The molecule has 3 aromatic carbocycles. The van der Waals surface area contributed by atoms with Crippen LogP contribution in [-0.4, -0.2) is 27.5 Å². The van der Waals surface area contributed by atoms with E-state index in [0.717, 1.165) is 5.56 Å². The van der Waals surface area contributed by atoms with Gasteiger partial charge in [0.1, 0.15) is 0 Å². The Morgan fingerprint density at radius 1 is 1.03 bits per heavy atom. The maximum Gasteiger partial charge on any atom is 0.280 e. The number of aromatic amines is 1. The lowest BCUT2D eigenvalue weighted by molar-refractivity contribution is 0.0951. The van der Waals surface area contributed by atoms with Gasteiger partial charge in [0.25, 0.3) is 11.5 Å². The third-order valence-electron chi connectivity index (χ3n) is 5.76. The number of H-pyrrole nitrogens is 1. The zero-order valence-electron chi connectivity index (χ0n) is 17.7. The molecule has 34 heavy (non-hydrogen) atoms. The normalized spacial score (nSPS) is 12.4. The number of benzene rings is 3. The Balaban J connectivity index is 1.33. The van der Waals surface area contributed by atoms with Crippen LogP contribution in [-0.2, 0) is 6.54 Å². The fourth-order valence-electron chi connectivity index (χ4n) is 4.01. The molecule has 2 aromatic heterocycles. The van der Waals surface area contributed by atoms with Crippen LogP contribution in [0.4, 0.5) is 0 Å². The number of carbonyl (C=O) groups excluding carboxylic acids is 1. The summed E-state index contributed by atoms with van der Waals surface area (Å²) in [5, 5.41) is 7.77. The first-order valence-electron chi connectivity index (χ1n) is 10.5. The summed E-state index contributed by atoms with van der Waals surface area (Å²) in [6.07, 6.45) is 1.54. The molecule has 0 atom stereocenters. The van der Waals surface area contributed by atoms with Gasteiger partial charge in [-0.15, -0.1) is 0 Å². The molecular formula is C25H17ClN4O4. The zero-order valence-corrected chi connectivity index (χ0v) is 18.4. The quantitative estimate of drug-likeness (QED) is 0.409. The van der Waals surface area contributed by atoms with Crippen molar-refractivity contribution in [3.8, 4) is 17.2 Å². The van der Waals surface area contributed by atoms with Crippen LogP contribution in [0.3, 0.4) is 0 Å². The number of halogens is 1. The van der Waals surface area contributed by atoms with Gasteiger partial charge in [0, 0.05) is 28.7 Å². The fraction of sp³-hybridized carbons (Fsp3) is 0.0800. The van der Waals surface area contributed by atoms with Crippen LogP contribution in [0, 0.1) is 0 Å². The molecular weight excluding hydrogens is 456 g/mol. The number of ether oxygens (including phenoxy) is 2. The van der Waals surface area contributed by atoms with Crippen LogP contribution in [0.15, 0.2) is 71.7 Å². The molecule has 2 N–H and O–H groups in total. The number of hydrogen-bond donors (Lipinski definition) is 2. The Labute approximate surface area is 197 Å². The highest BCUT2D eigenvalue weighted by Crippen LogP contribution is 2.32. The van der Waals surface area contributed by atoms with Gasteiger partial charge in [0.15, 0.2) is 11.5 Å². The summed E-state index contributed by atoms with van der Waals surface area (Å²) in [5.74, 6) is 1.12. The van der Waals surface area contributed by atoms with E-state index in [1.807, 2.05) is 18.2 Å². The van der Waals surface area contributed by atoms with Gasteiger partial charge in [-0.3, -0.25) is 19.7 Å². The predicted octanol–water partition coefficient (Wildman–Crippen LogP) is 4.18. The predicted molar refractivity (Wildman–Crippen MR) is 128 cm³/mol. The van der Waals surface area contributed by atoms with Gasteiger partial charge in [-0.1, -0.05) is 17.7 Å². The first kappa shape index (κ1) is 20.3. The fourth-order valence-corrected chi connectivity index (χ4v) is 4.13. The molecule has 0 fully saturated rings. The molecule has 3 heterocycles. The Morgan fingerprint density at radius 3 is 2.71 bits per heavy atom. The summed E-state index contributed by atoms with van der Waals surface area (Å²) >= 11 is 5.98. The third-order valence-corrected chi connectivity index (χ3v) is 6.01. The molecule has 0 unspecified atom stereocenters. The van der Waals surface area contributed by atoms with E-state index in [0.29, 0.717) is 56.1 Å². The third kappa shape index (κ3) is 3.45. The SMILES string of the molecule is O=C(NCc1ccc2c(c1)OCO2)c1ccc2ncc3c(=O)n(-c4ccc(Cl)cc4)[nH]c3c2c1. The highest BCUT2D eigenvalue weighted by atomic mass is 35.5. The average Bonchev–Trinajstić information content (AvgIpc) is 3.47. The van der Waals surface area contributed by atoms with Crippen molar-refractivity contribution in [1.29, 1.82) is 0 Å². The van der Waals surface area contributed by atoms with E-state index in [1.165, 1.54) is 4.68 Å². The summed E-state index contributed by atoms with van der Waals surface area (Å²) in [6.45, 7) is 0.534. The number of carbonyl (C=O) groups is 1. The molecule has 0 bridgehead atoms. The van der Waals surface area contributed by atoms with Crippen LogP contribution < -0.4 is 20.3 Å².